The summed E-state index contributed by atoms with van der Waals surface area (Å²) >= 11 is 0. The quantitative estimate of drug-likeness (QED) is 0.892. The van der Waals surface area contributed by atoms with Crippen molar-refractivity contribution in [3.63, 3.8) is 0 Å². The Balaban J connectivity index is 1.82. The van der Waals surface area contributed by atoms with Gasteiger partial charge in [-0.2, -0.15) is 4.98 Å². The number of rotatable bonds is 4. The van der Waals surface area contributed by atoms with E-state index in [1.807, 2.05) is 0 Å². The molecular formula is C14H17N3O. The SMILES string of the molecule is NCCCc1nc(C2CCc3ccccc32)no1. The van der Waals surface area contributed by atoms with Gasteiger partial charge >= 0.3 is 0 Å². The van der Waals surface area contributed by atoms with Gasteiger partial charge in [0.15, 0.2) is 5.82 Å². The zero-order valence-electron chi connectivity index (χ0n) is 10.3. The van der Waals surface area contributed by atoms with Crippen molar-refractivity contribution in [2.24, 2.45) is 5.73 Å². The van der Waals surface area contributed by atoms with E-state index >= 15 is 0 Å². The molecule has 1 aromatic carbocycles. The van der Waals surface area contributed by atoms with E-state index in [4.69, 9.17) is 10.3 Å². The Morgan fingerprint density at radius 2 is 2.22 bits per heavy atom. The van der Waals surface area contributed by atoms with Gasteiger partial charge in [-0.1, -0.05) is 29.4 Å². The van der Waals surface area contributed by atoms with Crippen LogP contribution in [-0.2, 0) is 12.8 Å². The molecule has 4 nitrogen and oxygen atoms in total. The number of fused-ring (bicyclic) bond motifs is 1. The molecule has 2 N–H and O–H groups in total. The molecule has 1 aliphatic rings. The molecule has 0 spiro atoms. The molecule has 0 saturated carbocycles. The number of benzene rings is 1. The highest BCUT2D eigenvalue weighted by atomic mass is 16.5. The molecule has 3 rings (SSSR count). The van der Waals surface area contributed by atoms with Gasteiger partial charge in [-0.25, -0.2) is 0 Å². The maximum absolute atomic E-state index is 5.48. The average molecular weight is 243 g/mol. The maximum Gasteiger partial charge on any atom is 0.226 e. The standard InChI is InChI=1S/C14H17N3O/c15-9-3-6-13-16-14(17-18-13)12-8-7-10-4-1-2-5-11(10)12/h1-2,4-5,12H,3,6-9,15H2. The molecule has 2 aromatic rings. The van der Waals surface area contributed by atoms with Crippen molar-refractivity contribution in [3.05, 3.63) is 47.1 Å². The van der Waals surface area contributed by atoms with Crippen LogP contribution in [0.25, 0.3) is 0 Å². The molecule has 94 valence electrons. The third-order valence-electron chi connectivity index (χ3n) is 3.52. The van der Waals surface area contributed by atoms with Gasteiger partial charge in [0.05, 0.1) is 0 Å². The fraction of sp³-hybridized carbons (Fsp3) is 0.429. The summed E-state index contributed by atoms with van der Waals surface area (Å²) in [4.78, 5) is 4.50. The molecule has 1 unspecified atom stereocenters. The number of nitrogens with zero attached hydrogens (tertiary/aromatic N) is 2. The summed E-state index contributed by atoms with van der Waals surface area (Å²) in [6, 6.07) is 8.52. The van der Waals surface area contributed by atoms with Gasteiger partial charge < -0.3 is 10.3 Å². The second-order valence-electron chi connectivity index (χ2n) is 4.73. The van der Waals surface area contributed by atoms with Crippen LogP contribution in [-0.4, -0.2) is 16.7 Å². The van der Waals surface area contributed by atoms with Crippen molar-refractivity contribution < 1.29 is 4.52 Å². The lowest BCUT2D eigenvalue weighted by Gasteiger charge is -2.05. The molecular weight excluding hydrogens is 226 g/mol. The predicted octanol–water partition coefficient (Wildman–Crippen LogP) is 2.04. The Kier molecular flexibility index (Phi) is 3.11. The first-order chi connectivity index (χ1) is 8.88. The van der Waals surface area contributed by atoms with E-state index in [9.17, 15) is 0 Å². The van der Waals surface area contributed by atoms with Crippen LogP contribution in [0.15, 0.2) is 28.8 Å². The van der Waals surface area contributed by atoms with E-state index in [-0.39, 0.29) is 0 Å². The summed E-state index contributed by atoms with van der Waals surface area (Å²) in [5, 5.41) is 4.12. The third kappa shape index (κ3) is 2.04. The topological polar surface area (TPSA) is 64.9 Å². The van der Waals surface area contributed by atoms with E-state index < -0.39 is 0 Å². The lowest BCUT2D eigenvalue weighted by atomic mass is 10.0. The van der Waals surface area contributed by atoms with Gasteiger partial charge in [0.25, 0.3) is 0 Å². The minimum atomic E-state index is 0.302. The first kappa shape index (κ1) is 11.4. The molecule has 1 aliphatic carbocycles. The second kappa shape index (κ2) is 4.90. The van der Waals surface area contributed by atoms with Crippen molar-refractivity contribution in [3.8, 4) is 0 Å². The van der Waals surface area contributed by atoms with Crippen molar-refractivity contribution in [2.75, 3.05) is 6.54 Å². The summed E-state index contributed by atoms with van der Waals surface area (Å²) < 4.78 is 5.28. The van der Waals surface area contributed by atoms with E-state index in [0.29, 0.717) is 18.4 Å². The number of hydrogen-bond donors (Lipinski definition) is 1. The maximum atomic E-state index is 5.48. The molecule has 18 heavy (non-hydrogen) atoms. The summed E-state index contributed by atoms with van der Waals surface area (Å²) in [5.41, 5.74) is 8.24. The van der Waals surface area contributed by atoms with Crippen LogP contribution >= 0.6 is 0 Å². The molecule has 1 atom stereocenters. The van der Waals surface area contributed by atoms with Crippen molar-refractivity contribution in [1.82, 2.24) is 10.1 Å². The minimum absolute atomic E-state index is 0.302. The van der Waals surface area contributed by atoms with Crippen molar-refractivity contribution in [1.29, 1.82) is 0 Å². The lowest BCUT2D eigenvalue weighted by Crippen LogP contribution is -2.01. The molecule has 0 aliphatic heterocycles. The van der Waals surface area contributed by atoms with E-state index in [0.717, 1.165) is 31.5 Å². The highest BCUT2D eigenvalue weighted by Gasteiger charge is 2.27. The number of hydrogen-bond acceptors (Lipinski definition) is 4. The number of nitrogens with two attached hydrogens (primary N) is 1. The smallest absolute Gasteiger partial charge is 0.226 e. The van der Waals surface area contributed by atoms with Crippen LogP contribution in [0.2, 0.25) is 0 Å². The molecule has 0 fully saturated rings. The molecule has 0 amide bonds. The second-order valence-corrected chi connectivity index (χ2v) is 4.73. The van der Waals surface area contributed by atoms with Crippen LogP contribution in [0.3, 0.4) is 0 Å². The van der Waals surface area contributed by atoms with Gasteiger partial charge in [0, 0.05) is 12.3 Å². The minimum Gasteiger partial charge on any atom is -0.339 e. The molecule has 1 heterocycles. The predicted molar refractivity (Wildman–Crippen MR) is 68.3 cm³/mol. The van der Waals surface area contributed by atoms with Crippen molar-refractivity contribution >= 4 is 0 Å². The fourth-order valence-corrected chi connectivity index (χ4v) is 2.59. The Labute approximate surface area is 106 Å². The largest absolute Gasteiger partial charge is 0.339 e. The van der Waals surface area contributed by atoms with Crippen LogP contribution < -0.4 is 5.73 Å². The van der Waals surface area contributed by atoms with Gasteiger partial charge in [-0.3, -0.25) is 0 Å². The molecule has 0 radical (unpaired) electrons. The zero-order chi connectivity index (χ0) is 12.4. The zero-order valence-corrected chi connectivity index (χ0v) is 10.3. The van der Waals surface area contributed by atoms with Gasteiger partial charge in [0.1, 0.15) is 0 Å². The lowest BCUT2D eigenvalue weighted by molar-refractivity contribution is 0.369. The Hall–Kier alpha value is -1.68. The molecule has 1 aromatic heterocycles. The summed E-state index contributed by atoms with van der Waals surface area (Å²) in [6.07, 6.45) is 3.85. The van der Waals surface area contributed by atoms with Crippen LogP contribution in [0.4, 0.5) is 0 Å². The van der Waals surface area contributed by atoms with Gasteiger partial charge in [0.2, 0.25) is 5.89 Å². The molecule has 0 bridgehead atoms. The van der Waals surface area contributed by atoms with Crippen LogP contribution in [0, 0.1) is 0 Å². The Morgan fingerprint density at radius 3 is 3.11 bits per heavy atom. The summed E-state index contributed by atoms with van der Waals surface area (Å²) in [6.45, 7) is 0.657. The summed E-state index contributed by atoms with van der Waals surface area (Å²) in [7, 11) is 0. The molecule has 0 saturated heterocycles. The monoisotopic (exact) mass is 243 g/mol. The van der Waals surface area contributed by atoms with Gasteiger partial charge in [-0.15, -0.1) is 0 Å². The summed E-state index contributed by atoms with van der Waals surface area (Å²) in [5.74, 6) is 1.84. The Bertz CT molecular complexity index is 535. The highest BCUT2D eigenvalue weighted by molar-refractivity contribution is 5.38. The van der Waals surface area contributed by atoms with Crippen molar-refractivity contribution in [2.45, 2.75) is 31.6 Å². The van der Waals surface area contributed by atoms with E-state index in [2.05, 4.69) is 34.4 Å². The Morgan fingerprint density at radius 1 is 1.33 bits per heavy atom. The van der Waals surface area contributed by atoms with Crippen LogP contribution in [0.5, 0.6) is 0 Å². The number of aromatic nitrogens is 2. The van der Waals surface area contributed by atoms with E-state index in [1.165, 1.54) is 11.1 Å². The third-order valence-corrected chi connectivity index (χ3v) is 3.52. The van der Waals surface area contributed by atoms with Gasteiger partial charge in [-0.05, 0) is 36.9 Å². The number of aryl methyl sites for hydroxylation is 2. The highest BCUT2D eigenvalue weighted by Crippen LogP contribution is 2.36. The molecule has 4 heteroatoms. The van der Waals surface area contributed by atoms with Crippen LogP contribution in [0.1, 0.15) is 41.6 Å². The first-order valence-corrected chi connectivity index (χ1v) is 6.49. The average Bonchev–Trinajstić information content (AvgIpc) is 3.02. The van der Waals surface area contributed by atoms with E-state index in [1.54, 1.807) is 0 Å². The first-order valence-electron chi connectivity index (χ1n) is 6.49. The fourth-order valence-electron chi connectivity index (χ4n) is 2.59. The normalized spacial score (nSPS) is 17.9.